The molecule has 0 radical (unpaired) electrons. The normalized spacial score (nSPS) is 13.6. The molecule has 1 aliphatic heterocycles. The average molecular weight is 508 g/mol. The van der Waals surface area contributed by atoms with Crippen LogP contribution in [0.25, 0.3) is 11.1 Å². The van der Waals surface area contributed by atoms with Crippen LogP contribution in [0.5, 0.6) is 0 Å². The SMILES string of the molecule is O=C(NCc1ccoc1C(=O)ON1C(=O)c2ccccc2C1=O)OCC1c2ccccc2-c2ccccc21. The van der Waals surface area contributed by atoms with Crippen molar-refractivity contribution in [2.24, 2.45) is 0 Å². The second-order valence-corrected chi connectivity index (χ2v) is 8.78. The predicted molar refractivity (Wildman–Crippen MR) is 133 cm³/mol. The molecule has 3 aromatic carbocycles. The smallest absolute Gasteiger partial charge is 0.407 e. The standard InChI is InChI=1S/C29H20N2O7/c32-26-22-11-5-6-12-23(22)27(33)31(26)38-28(34)25-17(13-14-36-25)15-30-29(35)37-16-24-20-9-3-1-7-18(20)19-8-2-4-10-21(19)24/h1-14,24H,15-16H2,(H,30,35). The quantitative estimate of drug-likeness (QED) is 0.376. The van der Waals surface area contributed by atoms with Crippen LogP contribution in [-0.4, -0.2) is 35.5 Å². The maximum absolute atomic E-state index is 12.7. The molecule has 0 saturated heterocycles. The van der Waals surface area contributed by atoms with Crippen molar-refractivity contribution in [2.45, 2.75) is 12.5 Å². The van der Waals surface area contributed by atoms with Crippen LogP contribution in [0.1, 0.15) is 53.9 Å². The second-order valence-electron chi connectivity index (χ2n) is 8.78. The van der Waals surface area contributed by atoms with Gasteiger partial charge in [0.05, 0.1) is 23.9 Å². The highest BCUT2D eigenvalue weighted by Crippen LogP contribution is 2.44. The number of fused-ring (bicyclic) bond motifs is 4. The van der Waals surface area contributed by atoms with Gasteiger partial charge in [0.25, 0.3) is 11.8 Å². The Morgan fingerprint density at radius 1 is 0.789 bits per heavy atom. The van der Waals surface area contributed by atoms with Crippen molar-refractivity contribution in [3.05, 3.63) is 119 Å². The van der Waals surface area contributed by atoms with Gasteiger partial charge in [-0.2, -0.15) is 0 Å². The number of carbonyl (C=O) groups excluding carboxylic acids is 4. The molecule has 0 spiro atoms. The minimum absolute atomic E-state index is 0.0905. The lowest BCUT2D eigenvalue weighted by Gasteiger charge is -2.15. The number of ether oxygens (including phenoxy) is 1. The number of nitrogens with one attached hydrogen (secondary N) is 1. The van der Waals surface area contributed by atoms with E-state index >= 15 is 0 Å². The molecule has 0 atom stereocenters. The Balaban J connectivity index is 1.08. The number of nitrogens with zero attached hydrogens (tertiary/aromatic N) is 1. The minimum Gasteiger partial charge on any atom is -0.457 e. The molecule has 2 aliphatic rings. The molecule has 9 nitrogen and oxygen atoms in total. The first-order chi connectivity index (χ1) is 18.5. The van der Waals surface area contributed by atoms with Crippen molar-refractivity contribution in [1.29, 1.82) is 0 Å². The van der Waals surface area contributed by atoms with Gasteiger partial charge in [-0.3, -0.25) is 9.59 Å². The Labute approximate surface area is 216 Å². The van der Waals surface area contributed by atoms with Gasteiger partial charge in [0.1, 0.15) is 6.61 Å². The fraction of sp³-hybridized carbons (Fsp3) is 0.103. The van der Waals surface area contributed by atoms with Crippen LogP contribution in [0.4, 0.5) is 4.79 Å². The third-order valence-corrected chi connectivity index (χ3v) is 6.63. The fourth-order valence-corrected chi connectivity index (χ4v) is 4.85. The molecule has 0 unspecified atom stereocenters. The third kappa shape index (κ3) is 3.90. The van der Waals surface area contributed by atoms with E-state index in [1.807, 2.05) is 36.4 Å². The van der Waals surface area contributed by atoms with Gasteiger partial charge in [-0.25, -0.2) is 9.59 Å². The number of hydrogen-bond donors (Lipinski definition) is 1. The molecule has 1 aliphatic carbocycles. The molecule has 1 N–H and O–H groups in total. The van der Waals surface area contributed by atoms with E-state index in [-0.39, 0.29) is 36.0 Å². The summed E-state index contributed by atoms with van der Waals surface area (Å²) in [5.41, 5.74) is 5.00. The van der Waals surface area contributed by atoms with Crippen molar-refractivity contribution in [3.8, 4) is 11.1 Å². The van der Waals surface area contributed by atoms with E-state index in [2.05, 4.69) is 17.4 Å². The number of rotatable bonds is 6. The first-order valence-corrected chi connectivity index (χ1v) is 11.9. The van der Waals surface area contributed by atoms with Crippen molar-refractivity contribution in [2.75, 3.05) is 6.61 Å². The summed E-state index contributed by atoms with van der Waals surface area (Å²) in [6.07, 6.45) is 0.570. The number of amides is 3. The monoisotopic (exact) mass is 508 g/mol. The van der Waals surface area contributed by atoms with Crippen molar-refractivity contribution < 1.29 is 33.2 Å². The van der Waals surface area contributed by atoms with E-state index in [0.717, 1.165) is 22.3 Å². The maximum Gasteiger partial charge on any atom is 0.407 e. The molecular formula is C29H20N2O7. The molecule has 38 heavy (non-hydrogen) atoms. The zero-order chi connectivity index (χ0) is 26.2. The topological polar surface area (TPSA) is 115 Å². The number of alkyl carbamates (subject to hydrolysis) is 1. The Morgan fingerprint density at radius 2 is 1.34 bits per heavy atom. The fourth-order valence-electron chi connectivity index (χ4n) is 4.85. The highest BCUT2D eigenvalue weighted by Gasteiger charge is 2.39. The van der Waals surface area contributed by atoms with Crippen LogP contribution in [0.15, 0.2) is 89.5 Å². The van der Waals surface area contributed by atoms with Crippen LogP contribution in [-0.2, 0) is 16.1 Å². The van der Waals surface area contributed by atoms with Gasteiger partial charge >= 0.3 is 12.1 Å². The molecule has 2 heterocycles. The number of carbonyl (C=O) groups is 4. The predicted octanol–water partition coefficient (Wildman–Crippen LogP) is 4.69. The Morgan fingerprint density at radius 3 is 1.95 bits per heavy atom. The number of hydroxylamine groups is 2. The summed E-state index contributed by atoms with van der Waals surface area (Å²) in [5, 5.41) is 3.00. The van der Waals surface area contributed by atoms with Crippen molar-refractivity contribution in [3.63, 3.8) is 0 Å². The summed E-state index contributed by atoms with van der Waals surface area (Å²) in [6, 6.07) is 23.7. The van der Waals surface area contributed by atoms with E-state index in [1.54, 1.807) is 12.1 Å². The summed E-state index contributed by atoms with van der Waals surface area (Å²) in [5.74, 6) is -2.88. The molecule has 9 heteroatoms. The van der Waals surface area contributed by atoms with Gasteiger partial charge in [-0.15, -0.1) is 0 Å². The summed E-state index contributed by atoms with van der Waals surface area (Å²) in [7, 11) is 0. The van der Waals surface area contributed by atoms with Crippen molar-refractivity contribution >= 4 is 23.9 Å². The van der Waals surface area contributed by atoms with Crippen LogP contribution >= 0.6 is 0 Å². The van der Waals surface area contributed by atoms with Crippen LogP contribution in [0.2, 0.25) is 0 Å². The molecule has 0 fully saturated rings. The number of imide groups is 1. The van der Waals surface area contributed by atoms with E-state index in [4.69, 9.17) is 14.0 Å². The lowest BCUT2D eigenvalue weighted by Crippen LogP contribution is -2.33. The molecule has 188 valence electrons. The first-order valence-electron chi connectivity index (χ1n) is 11.9. The molecule has 1 aromatic heterocycles. The number of hydrogen-bond acceptors (Lipinski definition) is 7. The Kier molecular flexibility index (Phi) is 5.72. The van der Waals surface area contributed by atoms with Gasteiger partial charge in [0, 0.05) is 11.5 Å². The zero-order valence-electron chi connectivity index (χ0n) is 19.9. The summed E-state index contributed by atoms with van der Waals surface area (Å²) in [4.78, 5) is 55.2. The van der Waals surface area contributed by atoms with Gasteiger partial charge in [0.15, 0.2) is 0 Å². The average Bonchev–Trinajstić information content (AvgIpc) is 3.61. The van der Waals surface area contributed by atoms with Crippen LogP contribution in [0, 0.1) is 0 Å². The number of benzene rings is 3. The molecular weight excluding hydrogens is 488 g/mol. The summed E-state index contributed by atoms with van der Waals surface area (Å²) in [6.45, 7) is 0.0413. The van der Waals surface area contributed by atoms with E-state index in [1.165, 1.54) is 24.5 Å². The van der Waals surface area contributed by atoms with Crippen LogP contribution < -0.4 is 5.32 Å². The van der Waals surface area contributed by atoms with E-state index < -0.39 is 23.9 Å². The lowest BCUT2D eigenvalue weighted by molar-refractivity contribution is -0.0604. The molecule has 0 bridgehead atoms. The molecule has 0 saturated carbocycles. The first kappa shape index (κ1) is 23.2. The Hall–Kier alpha value is -5.18. The minimum atomic E-state index is -1.05. The van der Waals surface area contributed by atoms with E-state index in [0.29, 0.717) is 10.6 Å². The van der Waals surface area contributed by atoms with Crippen LogP contribution in [0.3, 0.4) is 0 Å². The molecule has 3 amide bonds. The largest absolute Gasteiger partial charge is 0.457 e. The van der Waals surface area contributed by atoms with Gasteiger partial charge < -0.3 is 19.3 Å². The summed E-state index contributed by atoms with van der Waals surface area (Å²) < 4.78 is 10.7. The van der Waals surface area contributed by atoms with Gasteiger partial charge in [0.2, 0.25) is 5.76 Å². The second kappa shape index (κ2) is 9.36. The molecule has 4 aromatic rings. The lowest BCUT2D eigenvalue weighted by atomic mass is 9.98. The van der Waals surface area contributed by atoms with Gasteiger partial charge in [-0.1, -0.05) is 65.7 Å². The van der Waals surface area contributed by atoms with Gasteiger partial charge in [-0.05, 0) is 40.5 Å². The maximum atomic E-state index is 12.7. The third-order valence-electron chi connectivity index (χ3n) is 6.63. The highest BCUT2D eigenvalue weighted by atomic mass is 16.7. The Bertz CT molecular complexity index is 1530. The zero-order valence-corrected chi connectivity index (χ0v) is 19.9. The number of furan rings is 1. The molecule has 6 rings (SSSR count). The highest BCUT2D eigenvalue weighted by molar-refractivity contribution is 6.21. The van der Waals surface area contributed by atoms with E-state index in [9.17, 15) is 19.2 Å². The summed E-state index contributed by atoms with van der Waals surface area (Å²) >= 11 is 0. The van der Waals surface area contributed by atoms with Crippen molar-refractivity contribution in [1.82, 2.24) is 10.4 Å².